The molecule has 5 heavy (non-hydrogen) atoms. The second kappa shape index (κ2) is 0. The zero-order valence-corrected chi connectivity index (χ0v) is 0. The molecule has 0 aromatic heterocycles. The summed E-state index contributed by atoms with van der Waals surface area (Å²) < 4.78 is 0. The fourth-order valence-electron chi connectivity index (χ4n) is 0. The van der Waals surface area contributed by atoms with Gasteiger partial charge < -0.3 is 0 Å². The molecule has 0 rings (SSSR count). The number of hydrogen-bond donors (Lipinski definition) is 0. The Morgan fingerprint density at radius 3 is 0.400 bits per heavy atom. The molecule has 0 bridgehead atoms. The van der Waals surface area contributed by atoms with Crippen LogP contribution >= 0.6 is 0 Å². The minimum atomic E-state index is 0. The van der Waals surface area contributed by atoms with E-state index in [2.05, 4.69) is 0 Å². The van der Waals surface area contributed by atoms with E-state index in [1.54, 1.807) is 0 Å². The Labute approximate surface area is 39.7 Å². The number of hydrogen-bond acceptors (Lipinski definition) is 0. The molecule has 0 nitrogen and oxygen atoms in total. The van der Waals surface area contributed by atoms with E-state index in [0.29, 0.717) is 0 Å². The Bertz CT molecular complexity index is 3.90. The second-order valence-electron chi connectivity index (χ2n) is 0. The SMILES string of the molecule is C.C.C.C.C.[2HH]. The fourth-order valence-corrected chi connectivity index (χ4v) is 0. The van der Waals surface area contributed by atoms with Crippen molar-refractivity contribution in [2.75, 3.05) is 0 Å². The molecular weight excluding hydrogens is 60.1 g/mol. The van der Waals surface area contributed by atoms with E-state index in [0.717, 1.165) is 0 Å². The molecule has 0 radical (unpaired) electrons. The topological polar surface area (TPSA) is 0 Å². The van der Waals surface area contributed by atoms with Crippen molar-refractivity contribution in [3.05, 3.63) is 0 Å². The Balaban J connectivity index is 0. The van der Waals surface area contributed by atoms with Gasteiger partial charge in [-0.05, 0) is 0 Å². The average molecular weight is 83.2 g/mol. The predicted molar refractivity (Wildman–Crippen MR) is 35.8 cm³/mol. The van der Waals surface area contributed by atoms with Gasteiger partial charge in [0.15, 0.2) is 0 Å². The van der Waals surface area contributed by atoms with Crippen molar-refractivity contribution in [3.63, 3.8) is 0 Å². The minimum Gasteiger partial charge on any atom is -0.0776 e. The quantitative estimate of drug-likeness (QED) is 0.421. The van der Waals surface area contributed by atoms with Crippen LogP contribution in [0.15, 0.2) is 0 Å². The highest BCUT2D eigenvalue weighted by molar-refractivity contribution is 2.51. The summed E-state index contributed by atoms with van der Waals surface area (Å²) in [6, 6.07) is 0. The van der Waals surface area contributed by atoms with Crippen LogP contribution in [0.1, 0.15) is 38.6 Å². The van der Waals surface area contributed by atoms with Gasteiger partial charge in [0.1, 0.15) is 0 Å². The van der Waals surface area contributed by atoms with Crippen LogP contribution in [0.4, 0.5) is 0 Å². The van der Waals surface area contributed by atoms with Gasteiger partial charge in [-0.3, -0.25) is 0 Å². The predicted octanol–water partition coefficient (Wildman–Crippen LogP) is 3.43. The molecule has 0 aliphatic rings. The minimum absolute atomic E-state index is 0. The van der Waals surface area contributed by atoms with E-state index in [1.165, 1.54) is 0 Å². The Morgan fingerprint density at radius 1 is 0.400 bits per heavy atom. The molecule has 0 atom stereocenters. The van der Waals surface area contributed by atoms with Crippen molar-refractivity contribution in [1.29, 1.82) is 0 Å². The van der Waals surface area contributed by atoms with E-state index in [9.17, 15) is 0 Å². The average Bonchev–Trinajstić information content (AvgIpc) is 0. The zero-order valence-electron chi connectivity index (χ0n) is 0. The van der Waals surface area contributed by atoms with Gasteiger partial charge in [-0.15, -0.1) is 0 Å². The summed E-state index contributed by atoms with van der Waals surface area (Å²) in [4.78, 5) is 0. The van der Waals surface area contributed by atoms with Crippen LogP contribution < -0.4 is 0 Å². The van der Waals surface area contributed by atoms with Crippen LogP contribution in [0.2, 0.25) is 0 Å². The molecule has 0 N–H and O–H groups in total. The van der Waals surface area contributed by atoms with E-state index in [4.69, 9.17) is 0 Å². The zero-order chi connectivity index (χ0) is 0. The fraction of sp³-hybridized carbons (Fsp3) is 1.00. The molecule has 0 aliphatic carbocycles. The molecule has 0 heteroatoms. The highest BCUT2D eigenvalue weighted by Crippen LogP contribution is 0.148. The third-order valence-electron chi connectivity index (χ3n) is 0. The maximum Gasteiger partial charge on any atom is 0 e. The van der Waals surface area contributed by atoms with Gasteiger partial charge in [-0.1, -0.05) is 37.1 Å². The summed E-state index contributed by atoms with van der Waals surface area (Å²) in [5.74, 6) is 0. The molecule has 42 valence electrons. The molecule has 0 spiro atoms. The Kier molecular flexibility index (Phi) is 0. The van der Waals surface area contributed by atoms with Crippen molar-refractivity contribution in [1.82, 2.24) is 0 Å². The van der Waals surface area contributed by atoms with Gasteiger partial charge >= 0.3 is 0 Å². The summed E-state index contributed by atoms with van der Waals surface area (Å²) in [6.07, 6.45) is 0. The molecule has 0 amide bonds. The van der Waals surface area contributed by atoms with Crippen molar-refractivity contribution in [3.8, 4) is 0 Å². The number of rotatable bonds is 0. The maximum atomic E-state index is 0. The molecular formula is C5H22. The van der Waals surface area contributed by atoms with Gasteiger partial charge in [-0.25, -0.2) is 0 Å². The molecule has 0 aliphatic heterocycles. The summed E-state index contributed by atoms with van der Waals surface area (Å²) >= 11 is 0. The molecule has 0 fully saturated rings. The van der Waals surface area contributed by atoms with Crippen LogP contribution in [0, 0.1) is 0 Å². The summed E-state index contributed by atoms with van der Waals surface area (Å²) in [7, 11) is 0. The molecule has 0 saturated carbocycles. The molecule has 0 aromatic carbocycles. The van der Waals surface area contributed by atoms with Crippen LogP contribution in [-0.4, -0.2) is 0 Å². The summed E-state index contributed by atoms with van der Waals surface area (Å²) in [6.45, 7) is 0. The Morgan fingerprint density at radius 2 is 0.400 bits per heavy atom. The monoisotopic (exact) mass is 83.2 g/mol. The lowest BCUT2D eigenvalue weighted by Gasteiger charge is -0.0786. The molecule has 0 unspecified atom stereocenters. The van der Waals surface area contributed by atoms with E-state index in [-0.39, 0.29) is 38.6 Å². The first-order valence-electron chi connectivity index (χ1n) is 0. The third kappa shape index (κ3) is 0. The summed E-state index contributed by atoms with van der Waals surface area (Å²) in [5, 5.41) is 0. The first-order valence-corrected chi connectivity index (χ1v) is 0. The van der Waals surface area contributed by atoms with Crippen molar-refractivity contribution >= 4 is 0 Å². The van der Waals surface area contributed by atoms with Gasteiger partial charge in [0.25, 0.3) is 0 Å². The first kappa shape index (κ1) is 0. The largest absolute Gasteiger partial charge is 0.0776 e. The molecule has 0 aromatic rings. The van der Waals surface area contributed by atoms with E-state index >= 15 is 0 Å². The molecule has 0 heterocycles. The maximum absolute atomic E-state index is 0. The van der Waals surface area contributed by atoms with E-state index in [1.807, 2.05) is 0 Å². The second-order valence-corrected chi connectivity index (χ2v) is 0. The van der Waals surface area contributed by atoms with Gasteiger partial charge in [0, 0.05) is 1.43 Å². The Hall–Kier alpha value is 0. The normalized spacial score (nSPS) is 0. The summed E-state index contributed by atoms with van der Waals surface area (Å²) in [5.41, 5.74) is 0. The van der Waals surface area contributed by atoms with Crippen molar-refractivity contribution < 1.29 is 1.43 Å². The standard InChI is InChI=1S/5CH4.H2/h5*1H4;1H/i;;;;;1+1. The van der Waals surface area contributed by atoms with E-state index < -0.39 is 0 Å². The third-order valence-corrected chi connectivity index (χ3v) is 0. The highest BCUT2D eigenvalue weighted by atomic mass is 12.0. The van der Waals surface area contributed by atoms with Gasteiger partial charge in [0.2, 0.25) is 0 Å². The van der Waals surface area contributed by atoms with Gasteiger partial charge in [0.05, 0.1) is 0 Å². The smallest absolute Gasteiger partial charge is 0 e. The first-order chi connectivity index (χ1) is 0. The lowest BCUT2D eigenvalue weighted by atomic mass is 12.0. The van der Waals surface area contributed by atoms with Crippen molar-refractivity contribution in [2.45, 2.75) is 37.1 Å². The van der Waals surface area contributed by atoms with Crippen LogP contribution in [-0.2, 0) is 0 Å². The van der Waals surface area contributed by atoms with Gasteiger partial charge in [-0.2, -0.15) is 0 Å². The highest BCUT2D eigenvalue weighted by Gasteiger charge is -0.0736. The van der Waals surface area contributed by atoms with Crippen molar-refractivity contribution in [2.24, 2.45) is 0 Å². The van der Waals surface area contributed by atoms with Crippen LogP contribution in [0.25, 0.3) is 0 Å². The van der Waals surface area contributed by atoms with Crippen LogP contribution in [0.3, 0.4) is 0 Å². The molecule has 0 saturated heterocycles. The van der Waals surface area contributed by atoms with Crippen LogP contribution in [0.5, 0.6) is 0 Å². The lowest BCUT2D eigenvalue weighted by molar-refractivity contribution is 2.50. The lowest BCUT2D eigenvalue weighted by Crippen LogP contribution is 0.143.